The first kappa shape index (κ1) is 25.6. The van der Waals surface area contributed by atoms with Gasteiger partial charge in [-0.05, 0) is 83.5 Å². The number of fused-ring (bicyclic) bond motifs is 1. The van der Waals surface area contributed by atoms with Crippen LogP contribution in [-0.4, -0.2) is 6.61 Å². The quantitative estimate of drug-likeness (QED) is 0.210. The molecule has 1 nitrogen and oxygen atoms in total. The predicted molar refractivity (Wildman–Crippen MR) is 127 cm³/mol. The third-order valence-electron chi connectivity index (χ3n) is 6.26. The highest BCUT2D eigenvalue weighted by atomic mass is 19.3. The van der Waals surface area contributed by atoms with Gasteiger partial charge in [0.2, 0.25) is 0 Å². The van der Waals surface area contributed by atoms with Crippen molar-refractivity contribution >= 4 is 10.8 Å². The van der Waals surface area contributed by atoms with Gasteiger partial charge in [0.15, 0.2) is 17.4 Å². The van der Waals surface area contributed by atoms with Crippen LogP contribution in [0.25, 0.3) is 10.8 Å². The zero-order chi connectivity index (χ0) is 25.8. The first-order valence-electron chi connectivity index (χ1n) is 11.6. The number of aryl methyl sites for hydroxylation is 5. The van der Waals surface area contributed by atoms with Crippen LogP contribution in [-0.2, 0) is 32.1 Å². The topological polar surface area (TPSA) is 9.23 Å². The molecule has 0 aliphatic rings. The average molecular weight is 502 g/mol. The molecule has 0 heterocycles. The first-order chi connectivity index (χ1) is 17.2. The summed E-state index contributed by atoms with van der Waals surface area (Å²) >= 11 is 0. The van der Waals surface area contributed by atoms with Crippen LogP contribution in [0.5, 0.6) is 5.75 Å². The van der Waals surface area contributed by atoms with Crippen molar-refractivity contribution in [3.05, 3.63) is 112 Å². The fraction of sp³-hybridized carbons (Fsp3) is 0.241. The zero-order valence-corrected chi connectivity index (χ0v) is 19.6. The summed E-state index contributed by atoms with van der Waals surface area (Å²) in [6, 6.07) is 15.8. The molecule has 0 unspecified atom stereocenters. The molecular weight excluding hydrogens is 478 g/mol. The molecule has 4 aromatic rings. The van der Waals surface area contributed by atoms with Gasteiger partial charge >= 0.3 is 6.61 Å². The lowest BCUT2D eigenvalue weighted by Crippen LogP contribution is -2.06. The van der Waals surface area contributed by atoms with E-state index in [0.29, 0.717) is 34.7 Å². The number of benzene rings is 4. The van der Waals surface area contributed by atoms with Crippen molar-refractivity contribution in [2.75, 3.05) is 0 Å². The fourth-order valence-corrected chi connectivity index (χ4v) is 4.26. The van der Waals surface area contributed by atoms with Crippen LogP contribution in [0.1, 0.15) is 34.7 Å². The molecule has 4 aromatic carbocycles. The molecule has 36 heavy (non-hydrogen) atoms. The predicted octanol–water partition coefficient (Wildman–Crippen LogP) is 8.13. The van der Waals surface area contributed by atoms with Gasteiger partial charge in [-0.25, -0.2) is 17.6 Å². The molecule has 0 fully saturated rings. The summed E-state index contributed by atoms with van der Waals surface area (Å²) in [5.74, 6) is -4.27. The Kier molecular flexibility index (Phi) is 7.87. The molecule has 0 aliphatic heterocycles. The summed E-state index contributed by atoms with van der Waals surface area (Å²) in [6.07, 6.45) is 2.15. The number of hydrogen-bond donors (Lipinski definition) is 0. The van der Waals surface area contributed by atoms with Crippen molar-refractivity contribution in [2.45, 2.75) is 45.6 Å². The molecule has 4 rings (SSSR count). The fourth-order valence-electron chi connectivity index (χ4n) is 4.26. The Morgan fingerprint density at radius 2 is 1.25 bits per heavy atom. The van der Waals surface area contributed by atoms with Gasteiger partial charge in [0, 0.05) is 5.39 Å². The highest BCUT2D eigenvalue weighted by molar-refractivity contribution is 5.84. The Balaban J connectivity index is 1.46. The maximum absolute atomic E-state index is 15.1. The summed E-state index contributed by atoms with van der Waals surface area (Å²) in [7, 11) is 0. The minimum Gasteiger partial charge on any atom is -0.429 e. The van der Waals surface area contributed by atoms with Crippen LogP contribution >= 0.6 is 0 Å². The highest BCUT2D eigenvalue weighted by Crippen LogP contribution is 2.27. The average Bonchev–Trinajstić information content (AvgIpc) is 2.85. The Hall–Kier alpha value is -3.48. The Bertz CT molecular complexity index is 1360. The Morgan fingerprint density at radius 1 is 0.639 bits per heavy atom. The third-order valence-corrected chi connectivity index (χ3v) is 6.26. The van der Waals surface area contributed by atoms with E-state index in [4.69, 9.17) is 0 Å². The molecule has 0 spiro atoms. The Labute approximate surface area is 205 Å². The van der Waals surface area contributed by atoms with E-state index >= 15 is 4.39 Å². The largest absolute Gasteiger partial charge is 0.429 e. The van der Waals surface area contributed by atoms with Gasteiger partial charge in [-0.2, -0.15) is 8.78 Å². The van der Waals surface area contributed by atoms with E-state index in [2.05, 4.69) is 4.74 Å². The minimum atomic E-state index is -3.35. The lowest BCUT2D eigenvalue weighted by atomic mass is 9.97. The van der Waals surface area contributed by atoms with Crippen molar-refractivity contribution in [1.29, 1.82) is 0 Å². The molecule has 0 amide bonds. The van der Waals surface area contributed by atoms with E-state index in [0.717, 1.165) is 29.7 Å². The van der Waals surface area contributed by atoms with E-state index in [1.165, 1.54) is 0 Å². The summed E-state index contributed by atoms with van der Waals surface area (Å²) in [4.78, 5) is 0. The van der Waals surface area contributed by atoms with Gasteiger partial charge in [-0.1, -0.05) is 49.4 Å². The molecule has 0 saturated heterocycles. The van der Waals surface area contributed by atoms with Crippen LogP contribution < -0.4 is 4.74 Å². The van der Waals surface area contributed by atoms with Crippen molar-refractivity contribution in [2.24, 2.45) is 0 Å². The maximum Gasteiger partial charge on any atom is 0.387 e. The highest BCUT2D eigenvalue weighted by Gasteiger charge is 2.17. The van der Waals surface area contributed by atoms with E-state index < -0.39 is 29.8 Å². The third kappa shape index (κ3) is 5.83. The molecule has 0 radical (unpaired) electrons. The van der Waals surface area contributed by atoms with E-state index in [-0.39, 0.29) is 24.2 Å². The SMILES string of the molecule is CCc1ccc(CCc2ccc3c(F)c(CCc4cc(F)c(OC(F)F)c(F)c4)ccc3c2)c(F)c1. The van der Waals surface area contributed by atoms with Gasteiger partial charge in [0.25, 0.3) is 0 Å². The van der Waals surface area contributed by atoms with Gasteiger partial charge in [-0.3, -0.25) is 0 Å². The normalized spacial score (nSPS) is 11.4. The lowest BCUT2D eigenvalue weighted by Gasteiger charge is -2.11. The van der Waals surface area contributed by atoms with Gasteiger partial charge in [0.1, 0.15) is 11.6 Å². The molecule has 0 aliphatic carbocycles. The molecule has 188 valence electrons. The molecule has 0 saturated carbocycles. The van der Waals surface area contributed by atoms with Crippen LogP contribution in [0.3, 0.4) is 0 Å². The van der Waals surface area contributed by atoms with Crippen LogP contribution in [0, 0.1) is 23.3 Å². The summed E-state index contributed by atoms with van der Waals surface area (Å²) < 4.78 is 85.8. The number of hydrogen-bond acceptors (Lipinski definition) is 1. The Morgan fingerprint density at radius 3 is 1.92 bits per heavy atom. The molecule has 7 heteroatoms. The van der Waals surface area contributed by atoms with E-state index in [9.17, 15) is 22.0 Å². The summed E-state index contributed by atoms with van der Waals surface area (Å²) in [6.45, 7) is -1.38. The number of alkyl halides is 2. The number of ether oxygens (including phenoxy) is 1. The molecular formula is C29H24F6O. The number of halogens is 6. The van der Waals surface area contributed by atoms with Crippen molar-refractivity contribution in [3.63, 3.8) is 0 Å². The molecule has 0 bridgehead atoms. The van der Waals surface area contributed by atoms with Crippen molar-refractivity contribution in [1.82, 2.24) is 0 Å². The van der Waals surface area contributed by atoms with E-state index in [1.54, 1.807) is 36.4 Å². The summed E-state index contributed by atoms with van der Waals surface area (Å²) in [5, 5.41) is 1.11. The number of rotatable bonds is 9. The summed E-state index contributed by atoms with van der Waals surface area (Å²) in [5.41, 5.74) is 3.09. The molecule has 0 aromatic heterocycles. The van der Waals surface area contributed by atoms with Gasteiger partial charge < -0.3 is 4.74 Å². The standard InChI is InChI=1S/C29H24F6O/c1-2-17-3-7-20(24(30)14-17)8-4-18-6-12-23-22(13-18)11-10-21(27(23)33)9-5-19-15-25(31)28(26(32)16-19)36-29(34)35/h3,6-7,10-16,29H,2,4-5,8-9H2,1H3. The van der Waals surface area contributed by atoms with Crippen molar-refractivity contribution < 1.29 is 31.1 Å². The minimum absolute atomic E-state index is 0.103. The van der Waals surface area contributed by atoms with Crippen LogP contribution in [0.2, 0.25) is 0 Å². The van der Waals surface area contributed by atoms with Crippen LogP contribution in [0.4, 0.5) is 26.3 Å². The van der Waals surface area contributed by atoms with E-state index in [1.807, 2.05) is 19.1 Å². The maximum atomic E-state index is 15.1. The van der Waals surface area contributed by atoms with Crippen molar-refractivity contribution in [3.8, 4) is 5.75 Å². The van der Waals surface area contributed by atoms with Gasteiger partial charge in [-0.15, -0.1) is 0 Å². The smallest absolute Gasteiger partial charge is 0.387 e. The zero-order valence-electron chi connectivity index (χ0n) is 19.6. The monoisotopic (exact) mass is 502 g/mol. The second-order valence-electron chi connectivity index (χ2n) is 8.64. The molecule has 0 N–H and O–H groups in total. The second-order valence-corrected chi connectivity index (χ2v) is 8.64. The second kappa shape index (κ2) is 11.1. The first-order valence-corrected chi connectivity index (χ1v) is 11.6. The van der Waals surface area contributed by atoms with Crippen LogP contribution in [0.15, 0.2) is 60.7 Å². The van der Waals surface area contributed by atoms with Gasteiger partial charge in [0.05, 0.1) is 0 Å². The molecule has 0 atom stereocenters. The lowest BCUT2D eigenvalue weighted by molar-refractivity contribution is -0.0546.